The normalized spacial score (nSPS) is 25.8. The summed E-state index contributed by atoms with van der Waals surface area (Å²) in [7, 11) is 1.61. The molecule has 2 nitrogen and oxygen atoms in total. The summed E-state index contributed by atoms with van der Waals surface area (Å²) < 4.78 is 10.4. The lowest BCUT2D eigenvalue weighted by Gasteiger charge is -2.08. The van der Waals surface area contributed by atoms with Gasteiger partial charge in [0.1, 0.15) is 11.4 Å². The smallest absolute Gasteiger partial charge is 0.137 e. The van der Waals surface area contributed by atoms with Gasteiger partial charge in [-0.25, -0.2) is 0 Å². The van der Waals surface area contributed by atoms with Crippen molar-refractivity contribution in [3.63, 3.8) is 0 Å². The zero-order chi connectivity index (χ0) is 9.47. The van der Waals surface area contributed by atoms with Gasteiger partial charge >= 0.3 is 0 Å². The zero-order valence-electron chi connectivity index (χ0n) is 7.63. The molecule has 0 aliphatic carbocycles. The van der Waals surface area contributed by atoms with Gasteiger partial charge in [-0.05, 0) is 24.6 Å². The summed E-state index contributed by atoms with van der Waals surface area (Å²) >= 11 is 5.90. The van der Waals surface area contributed by atoms with E-state index in [0.29, 0.717) is 10.8 Å². The maximum Gasteiger partial charge on any atom is 0.137 e. The molecular formula is C10H11ClO2. The van der Waals surface area contributed by atoms with Crippen molar-refractivity contribution in [1.29, 1.82) is 0 Å². The average molecular weight is 199 g/mol. The molecule has 1 heterocycles. The lowest BCUT2D eigenvalue weighted by molar-refractivity contribution is 0.328. The molecule has 1 aromatic rings. The number of epoxide rings is 1. The molecule has 1 aliphatic rings. The molecule has 1 aliphatic heterocycles. The minimum atomic E-state index is -0.113. The second kappa shape index (κ2) is 2.89. The minimum Gasteiger partial charge on any atom is -0.495 e. The van der Waals surface area contributed by atoms with Crippen molar-refractivity contribution in [3.8, 4) is 5.75 Å². The average Bonchev–Trinajstić information content (AvgIpc) is 2.86. The van der Waals surface area contributed by atoms with Gasteiger partial charge in [0.2, 0.25) is 0 Å². The summed E-state index contributed by atoms with van der Waals surface area (Å²) in [5, 5.41) is 0.635. The van der Waals surface area contributed by atoms with Crippen molar-refractivity contribution >= 4 is 11.6 Å². The zero-order valence-corrected chi connectivity index (χ0v) is 8.39. The third-order valence-corrected chi connectivity index (χ3v) is 2.65. The van der Waals surface area contributed by atoms with E-state index in [2.05, 4.69) is 6.92 Å². The van der Waals surface area contributed by atoms with Crippen LogP contribution in [0.15, 0.2) is 18.2 Å². The highest BCUT2D eigenvalue weighted by Crippen LogP contribution is 2.40. The standard InChI is InChI=1S/C10H11ClO2/c1-10(6-13-10)7-3-4-8(11)9(5-7)12-2/h3-5H,6H2,1-2H3. The molecule has 0 aromatic heterocycles. The Balaban J connectivity index is 2.39. The van der Waals surface area contributed by atoms with Crippen molar-refractivity contribution in [2.45, 2.75) is 12.5 Å². The van der Waals surface area contributed by atoms with Crippen LogP contribution in [0, 0.1) is 0 Å². The summed E-state index contributed by atoms with van der Waals surface area (Å²) in [4.78, 5) is 0. The number of ether oxygens (including phenoxy) is 2. The predicted octanol–water partition coefficient (Wildman–Crippen LogP) is 2.59. The van der Waals surface area contributed by atoms with E-state index < -0.39 is 0 Å². The first kappa shape index (κ1) is 8.85. The molecule has 0 radical (unpaired) electrons. The Morgan fingerprint density at radius 2 is 2.23 bits per heavy atom. The van der Waals surface area contributed by atoms with Crippen LogP contribution in [0.2, 0.25) is 5.02 Å². The Labute approximate surface area is 82.4 Å². The molecule has 1 aromatic carbocycles. The lowest BCUT2D eigenvalue weighted by atomic mass is 10.0. The summed E-state index contributed by atoms with van der Waals surface area (Å²) in [6.07, 6.45) is 0. The summed E-state index contributed by atoms with van der Waals surface area (Å²) in [6, 6.07) is 5.73. The molecule has 0 spiro atoms. The van der Waals surface area contributed by atoms with E-state index in [4.69, 9.17) is 21.1 Å². The quantitative estimate of drug-likeness (QED) is 0.682. The molecule has 1 fully saturated rings. The van der Waals surface area contributed by atoms with Gasteiger partial charge in [0.25, 0.3) is 0 Å². The highest BCUT2D eigenvalue weighted by atomic mass is 35.5. The number of hydrogen-bond acceptors (Lipinski definition) is 2. The van der Waals surface area contributed by atoms with Crippen LogP contribution in [0.3, 0.4) is 0 Å². The van der Waals surface area contributed by atoms with Gasteiger partial charge in [-0.2, -0.15) is 0 Å². The third-order valence-electron chi connectivity index (χ3n) is 2.34. The van der Waals surface area contributed by atoms with Crippen molar-refractivity contribution in [2.24, 2.45) is 0 Å². The van der Waals surface area contributed by atoms with Crippen LogP contribution in [0.4, 0.5) is 0 Å². The SMILES string of the molecule is COc1cc(C2(C)CO2)ccc1Cl. The van der Waals surface area contributed by atoms with E-state index in [1.165, 1.54) is 0 Å². The number of methoxy groups -OCH3 is 1. The van der Waals surface area contributed by atoms with Crippen molar-refractivity contribution in [1.82, 2.24) is 0 Å². The number of halogens is 1. The fraction of sp³-hybridized carbons (Fsp3) is 0.400. The Bertz CT molecular complexity index is 332. The van der Waals surface area contributed by atoms with Crippen LogP contribution in [0.25, 0.3) is 0 Å². The molecule has 13 heavy (non-hydrogen) atoms. The molecule has 2 rings (SSSR count). The molecule has 70 valence electrons. The largest absolute Gasteiger partial charge is 0.495 e. The van der Waals surface area contributed by atoms with Crippen LogP contribution in [-0.4, -0.2) is 13.7 Å². The first-order valence-electron chi connectivity index (χ1n) is 4.14. The molecule has 0 amide bonds. The van der Waals surface area contributed by atoms with E-state index in [1.807, 2.05) is 18.2 Å². The fourth-order valence-corrected chi connectivity index (χ4v) is 1.46. The number of hydrogen-bond donors (Lipinski definition) is 0. The second-order valence-corrected chi connectivity index (χ2v) is 3.78. The van der Waals surface area contributed by atoms with Crippen molar-refractivity contribution < 1.29 is 9.47 Å². The van der Waals surface area contributed by atoms with Gasteiger partial charge < -0.3 is 9.47 Å². The first-order chi connectivity index (χ1) is 6.15. The van der Waals surface area contributed by atoms with Crippen LogP contribution in [-0.2, 0) is 10.3 Å². The second-order valence-electron chi connectivity index (χ2n) is 3.37. The Morgan fingerprint density at radius 3 is 2.77 bits per heavy atom. The van der Waals surface area contributed by atoms with Gasteiger partial charge in [-0.3, -0.25) is 0 Å². The summed E-state index contributed by atoms with van der Waals surface area (Å²) in [6.45, 7) is 2.83. The van der Waals surface area contributed by atoms with Crippen LogP contribution in [0.1, 0.15) is 12.5 Å². The molecule has 1 atom stereocenters. The van der Waals surface area contributed by atoms with E-state index in [-0.39, 0.29) is 5.60 Å². The molecule has 0 N–H and O–H groups in total. The number of benzene rings is 1. The molecular weight excluding hydrogens is 188 g/mol. The van der Waals surface area contributed by atoms with E-state index in [0.717, 1.165) is 12.2 Å². The Morgan fingerprint density at radius 1 is 1.54 bits per heavy atom. The summed E-state index contributed by atoms with van der Waals surface area (Å²) in [5.41, 5.74) is 1.01. The highest BCUT2D eigenvalue weighted by molar-refractivity contribution is 6.32. The maximum atomic E-state index is 5.90. The predicted molar refractivity (Wildman–Crippen MR) is 51.3 cm³/mol. The molecule has 3 heteroatoms. The van der Waals surface area contributed by atoms with Gasteiger partial charge in [-0.15, -0.1) is 0 Å². The maximum absolute atomic E-state index is 5.90. The third kappa shape index (κ3) is 1.52. The lowest BCUT2D eigenvalue weighted by Crippen LogP contribution is -2.02. The molecule has 0 bridgehead atoms. The number of rotatable bonds is 2. The van der Waals surface area contributed by atoms with Crippen molar-refractivity contribution in [3.05, 3.63) is 28.8 Å². The Hall–Kier alpha value is -0.730. The molecule has 1 saturated heterocycles. The fourth-order valence-electron chi connectivity index (χ4n) is 1.26. The Kier molecular flexibility index (Phi) is 1.97. The van der Waals surface area contributed by atoms with Gasteiger partial charge in [-0.1, -0.05) is 17.7 Å². The van der Waals surface area contributed by atoms with Crippen LogP contribution >= 0.6 is 11.6 Å². The highest BCUT2D eigenvalue weighted by Gasteiger charge is 2.41. The topological polar surface area (TPSA) is 21.8 Å². The van der Waals surface area contributed by atoms with Crippen LogP contribution < -0.4 is 4.74 Å². The van der Waals surface area contributed by atoms with Gasteiger partial charge in [0.05, 0.1) is 18.7 Å². The first-order valence-corrected chi connectivity index (χ1v) is 4.51. The monoisotopic (exact) mass is 198 g/mol. The van der Waals surface area contributed by atoms with E-state index in [9.17, 15) is 0 Å². The van der Waals surface area contributed by atoms with Gasteiger partial charge in [0.15, 0.2) is 0 Å². The summed E-state index contributed by atoms with van der Waals surface area (Å²) in [5.74, 6) is 0.705. The van der Waals surface area contributed by atoms with Crippen LogP contribution in [0.5, 0.6) is 5.75 Å². The minimum absolute atomic E-state index is 0.113. The van der Waals surface area contributed by atoms with Gasteiger partial charge in [0, 0.05) is 0 Å². The van der Waals surface area contributed by atoms with E-state index >= 15 is 0 Å². The molecule has 0 saturated carbocycles. The molecule has 1 unspecified atom stereocenters. The van der Waals surface area contributed by atoms with Crippen molar-refractivity contribution in [2.75, 3.05) is 13.7 Å². The van der Waals surface area contributed by atoms with E-state index in [1.54, 1.807) is 7.11 Å².